The molecule has 0 radical (unpaired) electrons. The Labute approximate surface area is 175 Å². The van der Waals surface area contributed by atoms with Crippen molar-refractivity contribution in [1.82, 2.24) is 4.90 Å². The fourth-order valence-electron chi connectivity index (χ4n) is 2.62. The average Bonchev–Trinajstić information content (AvgIpc) is 2.65. The van der Waals surface area contributed by atoms with E-state index in [0.717, 1.165) is 16.9 Å². The Morgan fingerprint density at radius 3 is 2.43 bits per heavy atom. The van der Waals surface area contributed by atoms with Crippen molar-refractivity contribution in [2.75, 3.05) is 25.0 Å². The van der Waals surface area contributed by atoms with Crippen molar-refractivity contribution in [2.45, 2.75) is 27.2 Å². The number of halogens is 2. The number of carbonyl (C=O) groups excluding carboxylic acids is 2. The molecule has 1 N–H and O–H groups in total. The Morgan fingerprint density at radius 2 is 1.79 bits per heavy atom. The van der Waals surface area contributed by atoms with E-state index in [1.165, 1.54) is 4.90 Å². The number of rotatable bonds is 8. The second kappa shape index (κ2) is 10.3. The van der Waals surface area contributed by atoms with Gasteiger partial charge in [-0.1, -0.05) is 41.4 Å². The van der Waals surface area contributed by atoms with Crippen LogP contribution < -0.4 is 10.1 Å². The Balaban J connectivity index is 1.88. The smallest absolute Gasteiger partial charge is 0.244 e. The highest BCUT2D eigenvalue weighted by Crippen LogP contribution is 2.29. The Bertz CT molecular complexity index is 835. The van der Waals surface area contributed by atoms with Crippen LogP contribution in [0.25, 0.3) is 0 Å². The normalized spacial score (nSPS) is 10.5. The number of benzene rings is 2. The third-order valence-corrected chi connectivity index (χ3v) is 4.84. The van der Waals surface area contributed by atoms with Crippen LogP contribution in [0.4, 0.5) is 5.69 Å². The summed E-state index contributed by atoms with van der Waals surface area (Å²) in [6.45, 7) is 6.34. The van der Waals surface area contributed by atoms with Crippen LogP contribution in [0.1, 0.15) is 24.5 Å². The van der Waals surface area contributed by atoms with Crippen molar-refractivity contribution in [3.8, 4) is 5.75 Å². The zero-order valence-corrected chi connectivity index (χ0v) is 17.7. The number of nitrogens with zero attached hydrogens (tertiary/aromatic N) is 1. The second-order valence-corrected chi connectivity index (χ2v) is 7.23. The van der Waals surface area contributed by atoms with Gasteiger partial charge < -0.3 is 15.0 Å². The van der Waals surface area contributed by atoms with Crippen LogP contribution in [0.2, 0.25) is 10.0 Å². The van der Waals surface area contributed by atoms with Gasteiger partial charge in [0.2, 0.25) is 11.8 Å². The summed E-state index contributed by atoms with van der Waals surface area (Å²) >= 11 is 12.1. The highest BCUT2D eigenvalue weighted by Gasteiger charge is 2.17. The number of anilines is 1. The molecule has 0 aliphatic carbocycles. The van der Waals surface area contributed by atoms with Crippen molar-refractivity contribution in [2.24, 2.45) is 0 Å². The molecule has 0 spiro atoms. The summed E-state index contributed by atoms with van der Waals surface area (Å²) in [7, 11) is 0. The van der Waals surface area contributed by atoms with Crippen LogP contribution in [-0.2, 0) is 9.59 Å². The van der Waals surface area contributed by atoms with Gasteiger partial charge in [-0.3, -0.25) is 9.59 Å². The first-order chi connectivity index (χ1) is 13.3. The van der Waals surface area contributed by atoms with E-state index >= 15 is 0 Å². The average molecular weight is 423 g/mol. The minimum Gasteiger partial charge on any atom is -0.493 e. The monoisotopic (exact) mass is 422 g/mol. The van der Waals surface area contributed by atoms with E-state index < -0.39 is 0 Å². The minimum atomic E-state index is -0.361. The quantitative estimate of drug-likeness (QED) is 0.659. The molecule has 0 heterocycles. The van der Waals surface area contributed by atoms with Crippen LogP contribution in [0.5, 0.6) is 5.75 Å². The van der Waals surface area contributed by atoms with Gasteiger partial charge in [0.05, 0.1) is 35.3 Å². The lowest BCUT2D eigenvalue weighted by Gasteiger charge is -2.21. The molecule has 0 saturated carbocycles. The lowest BCUT2D eigenvalue weighted by atomic mass is 10.1. The second-order valence-electron chi connectivity index (χ2n) is 6.42. The van der Waals surface area contributed by atoms with Gasteiger partial charge in [0.25, 0.3) is 0 Å². The Morgan fingerprint density at radius 1 is 1.11 bits per heavy atom. The summed E-state index contributed by atoms with van der Waals surface area (Å²) in [6, 6.07) is 10.9. The van der Waals surface area contributed by atoms with Crippen molar-refractivity contribution < 1.29 is 14.3 Å². The highest BCUT2D eigenvalue weighted by molar-refractivity contribution is 6.39. The molecule has 0 unspecified atom stereocenters. The van der Waals surface area contributed by atoms with Crippen LogP contribution >= 0.6 is 23.2 Å². The highest BCUT2D eigenvalue weighted by atomic mass is 35.5. The molecule has 0 aromatic heterocycles. The first-order valence-electron chi connectivity index (χ1n) is 9.03. The third-order valence-electron chi connectivity index (χ3n) is 4.21. The summed E-state index contributed by atoms with van der Waals surface area (Å²) in [5.74, 6) is 0.246. The molecular formula is C21H24Cl2N2O3. The molecule has 2 aromatic rings. The van der Waals surface area contributed by atoms with Crippen LogP contribution in [-0.4, -0.2) is 36.4 Å². The summed E-state index contributed by atoms with van der Waals surface area (Å²) < 4.78 is 5.73. The number of hydrogen-bond donors (Lipinski definition) is 1. The predicted octanol–water partition coefficient (Wildman–Crippen LogP) is 4.87. The first-order valence-corrected chi connectivity index (χ1v) is 9.79. The van der Waals surface area contributed by atoms with Crippen molar-refractivity contribution in [1.29, 1.82) is 0 Å². The van der Waals surface area contributed by atoms with Gasteiger partial charge in [0, 0.05) is 6.54 Å². The molecule has 0 atom stereocenters. The van der Waals surface area contributed by atoms with Gasteiger partial charge in [-0.15, -0.1) is 0 Å². The van der Waals surface area contributed by atoms with E-state index in [1.54, 1.807) is 18.2 Å². The molecular weight excluding hydrogens is 399 g/mol. The van der Waals surface area contributed by atoms with Crippen LogP contribution in [0.15, 0.2) is 36.4 Å². The number of nitrogens with one attached hydrogen (secondary N) is 1. The van der Waals surface area contributed by atoms with Crippen molar-refractivity contribution >= 4 is 40.7 Å². The zero-order chi connectivity index (χ0) is 20.7. The van der Waals surface area contributed by atoms with Crippen LogP contribution in [0, 0.1) is 13.8 Å². The van der Waals surface area contributed by atoms with E-state index in [4.69, 9.17) is 27.9 Å². The maximum Gasteiger partial charge on any atom is 0.244 e. The largest absolute Gasteiger partial charge is 0.493 e. The van der Waals surface area contributed by atoms with Gasteiger partial charge in [-0.05, 0) is 50.1 Å². The number of carbonyl (C=O) groups is 2. The Kier molecular flexibility index (Phi) is 8.15. The van der Waals surface area contributed by atoms with E-state index in [-0.39, 0.29) is 31.4 Å². The number of likely N-dealkylation sites (N-methyl/N-ethyl adjacent to an activating group) is 1. The van der Waals surface area contributed by atoms with E-state index in [0.29, 0.717) is 22.3 Å². The van der Waals surface area contributed by atoms with Crippen molar-refractivity contribution in [3.63, 3.8) is 0 Å². The SMILES string of the molecule is CCN(CC(=O)Nc1c(Cl)cccc1Cl)C(=O)CCOc1cc(C)ccc1C. The number of amides is 2. The number of hydrogen-bond acceptors (Lipinski definition) is 3. The summed E-state index contributed by atoms with van der Waals surface area (Å²) in [6.07, 6.45) is 0.182. The molecule has 2 amide bonds. The Hall–Kier alpha value is -2.24. The first kappa shape index (κ1) is 22.1. The number of para-hydroxylation sites is 1. The molecule has 0 aliphatic rings. The number of aryl methyl sites for hydroxylation is 2. The van der Waals surface area contributed by atoms with Gasteiger partial charge in [0.1, 0.15) is 5.75 Å². The molecule has 150 valence electrons. The zero-order valence-electron chi connectivity index (χ0n) is 16.2. The molecule has 0 aliphatic heterocycles. The van der Waals surface area contributed by atoms with Gasteiger partial charge >= 0.3 is 0 Å². The summed E-state index contributed by atoms with van der Waals surface area (Å²) in [5, 5.41) is 3.35. The molecule has 5 nitrogen and oxygen atoms in total. The molecule has 28 heavy (non-hydrogen) atoms. The maximum atomic E-state index is 12.5. The maximum absolute atomic E-state index is 12.5. The third kappa shape index (κ3) is 6.14. The van der Waals surface area contributed by atoms with Gasteiger partial charge in [-0.2, -0.15) is 0 Å². The van der Waals surface area contributed by atoms with Gasteiger partial charge in [-0.25, -0.2) is 0 Å². The fraction of sp³-hybridized carbons (Fsp3) is 0.333. The van der Waals surface area contributed by atoms with E-state index in [2.05, 4.69) is 5.32 Å². The lowest BCUT2D eigenvalue weighted by molar-refractivity contribution is -0.134. The number of ether oxygens (including phenoxy) is 1. The summed E-state index contributed by atoms with van der Waals surface area (Å²) in [4.78, 5) is 26.2. The molecule has 0 bridgehead atoms. The molecule has 2 aromatic carbocycles. The summed E-state index contributed by atoms with van der Waals surface area (Å²) in [5.41, 5.74) is 2.45. The van der Waals surface area contributed by atoms with E-state index in [9.17, 15) is 9.59 Å². The molecule has 7 heteroatoms. The molecule has 2 rings (SSSR count). The lowest BCUT2D eigenvalue weighted by Crippen LogP contribution is -2.38. The van der Waals surface area contributed by atoms with Crippen LogP contribution in [0.3, 0.4) is 0 Å². The predicted molar refractivity (Wildman–Crippen MR) is 113 cm³/mol. The van der Waals surface area contributed by atoms with Crippen molar-refractivity contribution in [3.05, 3.63) is 57.6 Å². The standard InChI is InChI=1S/C21H24Cl2N2O3/c1-4-25(13-19(26)24-21-16(22)6-5-7-17(21)23)20(27)10-11-28-18-12-14(2)8-9-15(18)3/h5-9,12H,4,10-11,13H2,1-3H3,(H,24,26). The topological polar surface area (TPSA) is 58.6 Å². The fourth-order valence-corrected chi connectivity index (χ4v) is 3.11. The minimum absolute atomic E-state index is 0.0830. The molecule has 0 fully saturated rings. The van der Waals surface area contributed by atoms with E-state index in [1.807, 2.05) is 39.0 Å². The van der Waals surface area contributed by atoms with Gasteiger partial charge in [0.15, 0.2) is 0 Å². The molecule has 0 saturated heterocycles.